The Kier molecular flexibility index (Phi) is 3.55. The molecule has 5 nitrogen and oxygen atoms in total. The molecule has 2 rings (SSSR count). The van der Waals surface area contributed by atoms with Crippen LogP contribution in [0.4, 0.5) is 0 Å². The molecule has 0 aliphatic carbocycles. The van der Waals surface area contributed by atoms with Gasteiger partial charge in [0, 0.05) is 13.2 Å². The van der Waals surface area contributed by atoms with Gasteiger partial charge in [0.25, 0.3) is 0 Å². The van der Waals surface area contributed by atoms with Gasteiger partial charge in [0.15, 0.2) is 10.6 Å². The first-order valence-corrected chi connectivity index (χ1v) is 5.46. The topological polar surface area (TPSA) is 52.1 Å². The number of methoxy groups -OCH3 is 2. The summed E-state index contributed by atoms with van der Waals surface area (Å²) in [5, 5.41) is 6.87. The Morgan fingerprint density at radius 1 is 1.41 bits per heavy atom. The Hall–Kier alpha value is -1.66. The SMILES string of the molecule is COCc1n[nH]c(=S)n1-c1cccc(OC)c1. The molecule has 0 radical (unpaired) electrons. The number of nitrogens with one attached hydrogen (secondary N) is 1. The molecular formula is C11H13N3O2S. The van der Waals surface area contributed by atoms with E-state index in [0.717, 1.165) is 17.3 Å². The maximum atomic E-state index is 5.20. The van der Waals surface area contributed by atoms with Crippen LogP contribution in [0.15, 0.2) is 24.3 Å². The molecule has 1 N–H and O–H groups in total. The second kappa shape index (κ2) is 5.11. The summed E-state index contributed by atoms with van der Waals surface area (Å²) in [7, 11) is 3.25. The van der Waals surface area contributed by atoms with Gasteiger partial charge in [-0.15, -0.1) is 0 Å². The van der Waals surface area contributed by atoms with Gasteiger partial charge in [-0.2, -0.15) is 5.10 Å². The van der Waals surface area contributed by atoms with Gasteiger partial charge in [0.1, 0.15) is 12.4 Å². The predicted molar refractivity (Wildman–Crippen MR) is 66.0 cm³/mol. The molecule has 0 saturated carbocycles. The lowest BCUT2D eigenvalue weighted by molar-refractivity contribution is 0.176. The Morgan fingerprint density at radius 3 is 2.94 bits per heavy atom. The van der Waals surface area contributed by atoms with Crippen molar-refractivity contribution < 1.29 is 9.47 Å². The fourth-order valence-electron chi connectivity index (χ4n) is 1.57. The first-order chi connectivity index (χ1) is 8.26. The van der Waals surface area contributed by atoms with Crippen LogP contribution in [0.2, 0.25) is 0 Å². The van der Waals surface area contributed by atoms with Gasteiger partial charge >= 0.3 is 0 Å². The van der Waals surface area contributed by atoms with Crippen molar-refractivity contribution in [3.05, 3.63) is 34.9 Å². The van der Waals surface area contributed by atoms with E-state index >= 15 is 0 Å². The quantitative estimate of drug-likeness (QED) is 0.845. The number of H-pyrrole nitrogens is 1. The molecule has 0 saturated heterocycles. The lowest BCUT2D eigenvalue weighted by atomic mass is 10.3. The number of aromatic nitrogens is 3. The number of ether oxygens (including phenoxy) is 2. The Morgan fingerprint density at radius 2 is 2.24 bits per heavy atom. The van der Waals surface area contributed by atoms with Gasteiger partial charge in [-0.25, -0.2) is 0 Å². The van der Waals surface area contributed by atoms with E-state index in [0.29, 0.717) is 11.4 Å². The zero-order chi connectivity index (χ0) is 12.3. The molecule has 1 heterocycles. The average Bonchev–Trinajstić information content (AvgIpc) is 2.71. The highest BCUT2D eigenvalue weighted by Crippen LogP contribution is 2.18. The summed E-state index contributed by atoms with van der Waals surface area (Å²) < 4.78 is 12.6. The number of hydrogen-bond acceptors (Lipinski definition) is 4. The smallest absolute Gasteiger partial charge is 0.199 e. The molecule has 0 bridgehead atoms. The van der Waals surface area contributed by atoms with Crippen LogP contribution in [0.5, 0.6) is 5.75 Å². The summed E-state index contributed by atoms with van der Waals surface area (Å²) in [5.41, 5.74) is 0.898. The van der Waals surface area contributed by atoms with Crippen LogP contribution in [0.25, 0.3) is 5.69 Å². The Balaban J connectivity index is 2.51. The van der Waals surface area contributed by atoms with E-state index in [1.807, 2.05) is 28.8 Å². The van der Waals surface area contributed by atoms with Gasteiger partial charge in [-0.1, -0.05) is 6.07 Å². The van der Waals surface area contributed by atoms with Crippen LogP contribution in [0, 0.1) is 4.77 Å². The molecule has 2 aromatic rings. The molecule has 0 aliphatic rings. The summed E-state index contributed by atoms with van der Waals surface area (Å²) in [6.45, 7) is 0.393. The fourth-order valence-corrected chi connectivity index (χ4v) is 1.83. The van der Waals surface area contributed by atoms with Gasteiger partial charge < -0.3 is 9.47 Å². The van der Waals surface area contributed by atoms with Gasteiger partial charge in [-0.05, 0) is 24.4 Å². The molecule has 0 spiro atoms. The van der Waals surface area contributed by atoms with E-state index in [4.69, 9.17) is 21.7 Å². The highest BCUT2D eigenvalue weighted by Gasteiger charge is 2.08. The minimum absolute atomic E-state index is 0.393. The monoisotopic (exact) mass is 251 g/mol. The average molecular weight is 251 g/mol. The molecule has 0 atom stereocenters. The minimum Gasteiger partial charge on any atom is -0.497 e. The molecule has 17 heavy (non-hydrogen) atoms. The van der Waals surface area contributed by atoms with Crippen molar-refractivity contribution in [2.24, 2.45) is 0 Å². The van der Waals surface area contributed by atoms with E-state index in [1.165, 1.54) is 0 Å². The van der Waals surface area contributed by atoms with Crippen molar-refractivity contribution in [2.75, 3.05) is 14.2 Å². The van der Waals surface area contributed by atoms with E-state index in [1.54, 1.807) is 14.2 Å². The lowest BCUT2D eigenvalue weighted by Crippen LogP contribution is -2.02. The third-order valence-electron chi connectivity index (χ3n) is 2.33. The zero-order valence-corrected chi connectivity index (χ0v) is 10.5. The molecule has 90 valence electrons. The van der Waals surface area contributed by atoms with E-state index in [9.17, 15) is 0 Å². The van der Waals surface area contributed by atoms with Crippen molar-refractivity contribution in [2.45, 2.75) is 6.61 Å². The van der Waals surface area contributed by atoms with Crippen molar-refractivity contribution in [3.8, 4) is 11.4 Å². The number of benzene rings is 1. The summed E-state index contributed by atoms with van der Waals surface area (Å²) >= 11 is 5.20. The van der Waals surface area contributed by atoms with E-state index in [-0.39, 0.29) is 0 Å². The van der Waals surface area contributed by atoms with Crippen LogP contribution in [0.1, 0.15) is 5.82 Å². The van der Waals surface area contributed by atoms with E-state index in [2.05, 4.69) is 10.2 Å². The molecule has 0 amide bonds. The normalized spacial score (nSPS) is 10.5. The standard InChI is InChI=1S/C11H13N3O2S/c1-15-7-10-12-13-11(17)14(10)8-4-3-5-9(6-8)16-2/h3-6H,7H2,1-2H3,(H,13,17). The van der Waals surface area contributed by atoms with Crippen molar-refractivity contribution >= 4 is 12.2 Å². The highest BCUT2D eigenvalue weighted by atomic mass is 32.1. The number of aromatic amines is 1. The van der Waals surface area contributed by atoms with Crippen molar-refractivity contribution in [1.29, 1.82) is 0 Å². The van der Waals surface area contributed by atoms with Crippen LogP contribution < -0.4 is 4.74 Å². The Bertz CT molecular complexity index is 562. The number of hydrogen-bond donors (Lipinski definition) is 1. The molecule has 6 heteroatoms. The third-order valence-corrected chi connectivity index (χ3v) is 2.60. The largest absolute Gasteiger partial charge is 0.497 e. The van der Waals surface area contributed by atoms with Crippen LogP contribution in [-0.4, -0.2) is 29.0 Å². The first kappa shape index (κ1) is 11.8. The van der Waals surface area contributed by atoms with Crippen LogP contribution in [0.3, 0.4) is 0 Å². The number of rotatable bonds is 4. The fraction of sp³-hybridized carbons (Fsp3) is 0.273. The van der Waals surface area contributed by atoms with Crippen LogP contribution >= 0.6 is 12.2 Å². The van der Waals surface area contributed by atoms with Crippen LogP contribution in [-0.2, 0) is 11.3 Å². The molecule has 1 aromatic heterocycles. The summed E-state index contributed by atoms with van der Waals surface area (Å²) in [4.78, 5) is 0. The summed E-state index contributed by atoms with van der Waals surface area (Å²) in [5.74, 6) is 1.50. The molecule has 0 fully saturated rings. The predicted octanol–water partition coefficient (Wildman–Crippen LogP) is 2.08. The maximum absolute atomic E-state index is 5.20. The maximum Gasteiger partial charge on any atom is 0.199 e. The highest BCUT2D eigenvalue weighted by molar-refractivity contribution is 7.71. The second-order valence-electron chi connectivity index (χ2n) is 3.41. The van der Waals surface area contributed by atoms with E-state index < -0.39 is 0 Å². The molecule has 1 aromatic carbocycles. The summed E-state index contributed by atoms with van der Waals surface area (Å²) in [6, 6.07) is 7.61. The van der Waals surface area contributed by atoms with Gasteiger partial charge in [0.05, 0.1) is 12.8 Å². The second-order valence-corrected chi connectivity index (χ2v) is 3.80. The van der Waals surface area contributed by atoms with Gasteiger partial charge in [-0.3, -0.25) is 9.67 Å². The first-order valence-electron chi connectivity index (χ1n) is 5.06. The third kappa shape index (κ3) is 2.37. The summed E-state index contributed by atoms with van der Waals surface area (Å²) in [6.07, 6.45) is 0. The van der Waals surface area contributed by atoms with Crippen molar-refractivity contribution in [3.63, 3.8) is 0 Å². The zero-order valence-electron chi connectivity index (χ0n) is 9.64. The molecular weight excluding hydrogens is 238 g/mol. The Labute approximate surface area is 104 Å². The minimum atomic E-state index is 0.393. The molecule has 0 unspecified atom stereocenters. The van der Waals surface area contributed by atoms with Gasteiger partial charge in [0.2, 0.25) is 0 Å². The number of nitrogens with zero attached hydrogens (tertiary/aromatic N) is 2. The lowest BCUT2D eigenvalue weighted by Gasteiger charge is -2.07. The molecule has 0 aliphatic heterocycles. The van der Waals surface area contributed by atoms with Crippen molar-refractivity contribution in [1.82, 2.24) is 14.8 Å².